The van der Waals surface area contributed by atoms with Gasteiger partial charge in [-0.25, -0.2) is 15.0 Å². The minimum atomic E-state index is 0.160. The Morgan fingerprint density at radius 1 is 1.00 bits per heavy atom. The number of morpholine rings is 1. The molecular weight excluding hydrogens is 430 g/mol. The van der Waals surface area contributed by atoms with Gasteiger partial charge in [0.2, 0.25) is 0 Å². The molecule has 0 bridgehead atoms. The molecule has 3 heterocycles. The zero-order chi connectivity index (χ0) is 23.5. The predicted molar refractivity (Wildman–Crippen MR) is 134 cm³/mol. The van der Waals surface area contributed by atoms with E-state index >= 15 is 0 Å². The van der Waals surface area contributed by atoms with Crippen LogP contribution in [0.1, 0.15) is 31.5 Å². The van der Waals surface area contributed by atoms with Crippen LogP contribution in [-0.4, -0.2) is 72.5 Å². The van der Waals surface area contributed by atoms with Crippen LogP contribution in [0, 0.1) is 6.92 Å². The zero-order valence-corrected chi connectivity index (χ0v) is 20.2. The fourth-order valence-electron chi connectivity index (χ4n) is 4.69. The van der Waals surface area contributed by atoms with Crippen LogP contribution in [0.15, 0.2) is 30.6 Å². The number of hydrogen-bond donors (Lipinski definition) is 1. The second-order valence-corrected chi connectivity index (χ2v) is 9.26. The average Bonchev–Trinajstić information content (AvgIpc) is 2.85. The highest BCUT2D eigenvalue weighted by Gasteiger charge is 2.24. The topological polar surface area (TPSA) is 88.5 Å². The fourth-order valence-corrected chi connectivity index (χ4v) is 4.69. The molecule has 9 heteroatoms. The third kappa shape index (κ3) is 5.14. The second-order valence-electron chi connectivity index (χ2n) is 9.26. The number of nitrogens with zero attached hydrogens (tertiary/aromatic N) is 6. The molecule has 1 saturated heterocycles. The molecule has 0 unspecified atom stereocenters. The number of rotatable bonds is 6. The Kier molecular flexibility index (Phi) is 6.62. The minimum Gasteiger partial charge on any atom is -0.488 e. The van der Waals surface area contributed by atoms with Gasteiger partial charge in [0.05, 0.1) is 24.8 Å². The zero-order valence-electron chi connectivity index (χ0n) is 20.2. The van der Waals surface area contributed by atoms with Crippen molar-refractivity contribution in [2.45, 2.75) is 44.8 Å². The molecule has 2 aliphatic rings. The van der Waals surface area contributed by atoms with E-state index < -0.39 is 0 Å². The Labute approximate surface area is 200 Å². The first-order valence-corrected chi connectivity index (χ1v) is 12.1. The van der Waals surface area contributed by atoms with E-state index in [9.17, 15) is 0 Å². The van der Waals surface area contributed by atoms with Gasteiger partial charge in [0.25, 0.3) is 0 Å². The number of ether oxygens (including phenoxy) is 2. The summed E-state index contributed by atoms with van der Waals surface area (Å²) in [6.07, 6.45) is 7.64. The molecule has 1 aliphatic heterocycles. The third-order valence-electron chi connectivity index (χ3n) is 6.50. The van der Waals surface area contributed by atoms with Gasteiger partial charge < -0.3 is 24.6 Å². The van der Waals surface area contributed by atoms with Gasteiger partial charge in [-0.2, -0.15) is 0 Å². The molecule has 1 saturated carbocycles. The van der Waals surface area contributed by atoms with E-state index in [0.29, 0.717) is 6.04 Å². The largest absolute Gasteiger partial charge is 0.488 e. The quantitative estimate of drug-likeness (QED) is 0.590. The molecule has 5 rings (SSSR count). The first-order valence-electron chi connectivity index (χ1n) is 12.1. The fraction of sp³-hybridized carbons (Fsp3) is 0.520. The first-order chi connectivity index (χ1) is 16.5. The number of anilines is 3. The van der Waals surface area contributed by atoms with Crippen LogP contribution < -0.4 is 19.9 Å². The molecule has 0 radical (unpaired) electrons. The van der Waals surface area contributed by atoms with Crippen LogP contribution >= 0.6 is 0 Å². The van der Waals surface area contributed by atoms with Crippen LogP contribution in [-0.2, 0) is 4.74 Å². The van der Waals surface area contributed by atoms with Crippen LogP contribution in [0.2, 0.25) is 0 Å². The molecule has 0 atom stereocenters. The van der Waals surface area contributed by atoms with E-state index in [1.807, 2.05) is 32.0 Å². The molecule has 0 spiro atoms. The number of aryl methyl sites for hydroxylation is 1. The van der Waals surface area contributed by atoms with Gasteiger partial charge in [0.15, 0.2) is 0 Å². The summed E-state index contributed by atoms with van der Waals surface area (Å²) in [5.41, 5.74) is 2.82. The molecule has 1 N–H and O–H groups in total. The maximum absolute atomic E-state index is 6.55. The Morgan fingerprint density at radius 3 is 2.53 bits per heavy atom. The van der Waals surface area contributed by atoms with Crippen LogP contribution in [0.5, 0.6) is 5.75 Å². The van der Waals surface area contributed by atoms with Gasteiger partial charge in [-0.15, -0.1) is 0 Å². The highest BCUT2D eigenvalue weighted by Crippen LogP contribution is 2.33. The summed E-state index contributed by atoms with van der Waals surface area (Å²) in [5, 5.41) is 3.61. The van der Waals surface area contributed by atoms with Gasteiger partial charge in [-0.1, -0.05) is 0 Å². The molecule has 0 amide bonds. The summed E-state index contributed by atoms with van der Waals surface area (Å²) in [4.78, 5) is 22.5. The minimum absolute atomic E-state index is 0.160. The van der Waals surface area contributed by atoms with Crippen LogP contribution in [0.3, 0.4) is 0 Å². The van der Waals surface area contributed by atoms with Crippen molar-refractivity contribution in [3.8, 4) is 5.75 Å². The Balaban J connectivity index is 1.26. The summed E-state index contributed by atoms with van der Waals surface area (Å²) >= 11 is 0. The lowest BCUT2D eigenvalue weighted by Gasteiger charge is -2.31. The van der Waals surface area contributed by atoms with E-state index in [1.54, 1.807) is 12.4 Å². The Bertz CT molecular complexity index is 1130. The van der Waals surface area contributed by atoms with Gasteiger partial charge in [0, 0.05) is 63.4 Å². The smallest absolute Gasteiger partial charge is 0.149 e. The lowest BCUT2D eigenvalue weighted by Crippen LogP contribution is -2.36. The highest BCUT2D eigenvalue weighted by atomic mass is 16.5. The van der Waals surface area contributed by atoms with E-state index in [-0.39, 0.29) is 6.10 Å². The first kappa shape index (κ1) is 22.6. The van der Waals surface area contributed by atoms with Gasteiger partial charge in [-0.3, -0.25) is 4.98 Å². The SMILES string of the molecule is Cc1nc(N[C@H]2CC[C@@H](Oc3cc(N4CCOCC4)cc4nccnc34)CC2)cc(N(C)C)n1. The molecule has 9 nitrogen and oxygen atoms in total. The number of nitrogens with one attached hydrogen (secondary N) is 1. The van der Waals surface area contributed by atoms with Crippen molar-refractivity contribution in [3.05, 3.63) is 36.4 Å². The number of hydrogen-bond acceptors (Lipinski definition) is 9. The highest BCUT2D eigenvalue weighted by molar-refractivity contribution is 5.85. The predicted octanol–water partition coefficient (Wildman–Crippen LogP) is 3.43. The Hall–Kier alpha value is -3.20. The van der Waals surface area contributed by atoms with Crippen LogP contribution in [0.25, 0.3) is 11.0 Å². The average molecular weight is 464 g/mol. The van der Waals surface area contributed by atoms with Crippen molar-refractivity contribution in [3.63, 3.8) is 0 Å². The molecule has 2 aromatic heterocycles. The van der Waals surface area contributed by atoms with Crippen LogP contribution in [0.4, 0.5) is 17.3 Å². The van der Waals surface area contributed by atoms with Crippen molar-refractivity contribution in [2.75, 3.05) is 55.5 Å². The molecule has 2 fully saturated rings. The normalized spacial score (nSPS) is 20.9. The molecule has 180 valence electrons. The van der Waals surface area contributed by atoms with Gasteiger partial charge in [0.1, 0.15) is 28.7 Å². The number of benzene rings is 1. The summed E-state index contributed by atoms with van der Waals surface area (Å²) in [6, 6.07) is 6.62. The lowest BCUT2D eigenvalue weighted by atomic mass is 9.93. The van der Waals surface area contributed by atoms with Crippen molar-refractivity contribution in [1.29, 1.82) is 0 Å². The van der Waals surface area contributed by atoms with Crippen molar-refractivity contribution < 1.29 is 9.47 Å². The molecule has 3 aromatic rings. The number of fused-ring (bicyclic) bond motifs is 1. The van der Waals surface area contributed by atoms with Gasteiger partial charge >= 0.3 is 0 Å². The molecule has 1 aliphatic carbocycles. The van der Waals surface area contributed by atoms with Crippen molar-refractivity contribution in [2.24, 2.45) is 0 Å². The summed E-state index contributed by atoms with van der Waals surface area (Å²) in [5.74, 6) is 3.41. The van der Waals surface area contributed by atoms with Gasteiger partial charge in [-0.05, 0) is 38.7 Å². The maximum Gasteiger partial charge on any atom is 0.149 e. The molecule has 1 aromatic carbocycles. The molecule has 34 heavy (non-hydrogen) atoms. The standard InChI is InChI=1S/C25H33N7O2/c1-17-28-23(16-24(29-17)31(2)3)30-18-4-6-20(7-5-18)34-22-15-19(32-10-12-33-13-11-32)14-21-25(22)27-9-8-26-21/h8-9,14-16,18,20H,4-7,10-13H2,1-3H3,(H,28,29,30)/t18-,20+. The number of aromatic nitrogens is 4. The summed E-state index contributed by atoms with van der Waals surface area (Å²) in [6.45, 7) is 5.17. The third-order valence-corrected chi connectivity index (χ3v) is 6.50. The van der Waals surface area contributed by atoms with E-state index in [2.05, 4.69) is 42.3 Å². The van der Waals surface area contributed by atoms with E-state index in [4.69, 9.17) is 9.47 Å². The van der Waals surface area contributed by atoms with E-state index in [0.717, 1.165) is 91.9 Å². The summed E-state index contributed by atoms with van der Waals surface area (Å²) < 4.78 is 12.1. The monoisotopic (exact) mass is 463 g/mol. The van der Waals surface area contributed by atoms with Crippen molar-refractivity contribution in [1.82, 2.24) is 19.9 Å². The summed E-state index contributed by atoms with van der Waals surface area (Å²) in [7, 11) is 3.99. The maximum atomic E-state index is 6.55. The van der Waals surface area contributed by atoms with E-state index in [1.165, 1.54) is 0 Å². The molecular formula is C25H33N7O2. The Morgan fingerprint density at radius 2 is 1.76 bits per heavy atom. The lowest BCUT2D eigenvalue weighted by molar-refractivity contribution is 0.122. The second kappa shape index (κ2) is 9.97. The van der Waals surface area contributed by atoms with Crippen molar-refractivity contribution >= 4 is 28.4 Å².